The SMILES string of the molecule is CC(C)CCC[C@@H](C)[C@H]1CCC2C3CC=C4CC(OC(=O)NCc5ccccc5)CC[C@]4(C)C3CC[C@@]21C. The summed E-state index contributed by atoms with van der Waals surface area (Å²) >= 11 is 0. The molecule has 0 aromatic heterocycles. The predicted octanol–water partition coefficient (Wildman–Crippen LogP) is 9.32. The normalized spacial score (nSPS) is 37.0. The van der Waals surface area contributed by atoms with Crippen molar-refractivity contribution in [3.05, 3.63) is 47.5 Å². The molecule has 3 heteroatoms. The number of hydrogen-bond acceptors (Lipinski definition) is 2. The van der Waals surface area contributed by atoms with Gasteiger partial charge in [-0.25, -0.2) is 4.79 Å². The van der Waals surface area contributed by atoms with Gasteiger partial charge in [-0.15, -0.1) is 0 Å². The van der Waals surface area contributed by atoms with E-state index in [0.29, 0.717) is 17.4 Å². The third-order valence-corrected chi connectivity index (χ3v) is 11.8. The number of rotatable bonds is 8. The fourth-order valence-electron chi connectivity index (χ4n) is 9.72. The van der Waals surface area contributed by atoms with Crippen molar-refractivity contribution in [2.75, 3.05) is 0 Å². The standard InChI is InChI=1S/C35H53NO2/c1-24(2)10-9-11-25(3)30-16-17-31-29-15-14-27-22-28(38-33(37)36-23-26-12-7-6-8-13-26)18-20-34(27,4)32(29)19-21-35(30,31)5/h6-8,12-14,24-25,28-32H,9-11,15-23H2,1-5H3,(H,36,37)/t25-,28?,29?,30-,31?,32?,34+,35-/m1/s1. The van der Waals surface area contributed by atoms with Crippen LogP contribution in [0.25, 0.3) is 0 Å². The maximum absolute atomic E-state index is 12.5. The van der Waals surface area contributed by atoms with Gasteiger partial charge >= 0.3 is 6.09 Å². The van der Waals surface area contributed by atoms with Crippen LogP contribution >= 0.6 is 0 Å². The van der Waals surface area contributed by atoms with E-state index in [1.54, 1.807) is 5.57 Å². The molecule has 3 nitrogen and oxygen atoms in total. The van der Waals surface area contributed by atoms with E-state index in [9.17, 15) is 4.79 Å². The number of nitrogens with one attached hydrogen (secondary N) is 1. The van der Waals surface area contributed by atoms with Crippen molar-refractivity contribution in [1.29, 1.82) is 0 Å². The Hall–Kier alpha value is -1.77. The molecule has 8 atom stereocenters. The molecule has 3 saturated carbocycles. The number of benzene rings is 1. The highest BCUT2D eigenvalue weighted by Gasteiger charge is 2.59. The van der Waals surface area contributed by atoms with Gasteiger partial charge in [-0.1, -0.05) is 95.9 Å². The third-order valence-electron chi connectivity index (χ3n) is 11.8. The summed E-state index contributed by atoms with van der Waals surface area (Å²) in [5, 5.41) is 2.95. The second-order valence-corrected chi connectivity index (χ2v) is 14.4. The summed E-state index contributed by atoms with van der Waals surface area (Å²) in [7, 11) is 0. The highest BCUT2D eigenvalue weighted by molar-refractivity contribution is 5.67. The Morgan fingerprint density at radius 3 is 2.55 bits per heavy atom. The molecule has 3 fully saturated rings. The maximum atomic E-state index is 12.5. The zero-order valence-electron chi connectivity index (χ0n) is 24.8. The lowest BCUT2D eigenvalue weighted by Crippen LogP contribution is -2.51. The lowest BCUT2D eigenvalue weighted by molar-refractivity contribution is -0.0581. The summed E-state index contributed by atoms with van der Waals surface area (Å²) in [6.07, 6.45) is 16.6. The van der Waals surface area contributed by atoms with Crippen LogP contribution in [0.1, 0.15) is 111 Å². The number of carbonyl (C=O) groups excluding carboxylic acids is 1. The molecule has 5 rings (SSSR count). The Morgan fingerprint density at radius 2 is 1.79 bits per heavy atom. The van der Waals surface area contributed by atoms with Crippen LogP contribution in [0.3, 0.4) is 0 Å². The number of allylic oxidation sites excluding steroid dienone is 1. The summed E-state index contributed by atoms with van der Waals surface area (Å²) in [6.45, 7) is 13.1. The van der Waals surface area contributed by atoms with E-state index in [1.165, 1.54) is 51.4 Å². The number of fused-ring (bicyclic) bond motifs is 5. The first-order valence-corrected chi connectivity index (χ1v) is 15.9. The Balaban J connectivity index is 1.19. The van der Waals surface area contributed by atoms with Gasteiger partial charge in [0.05, 0.1) is 0 Å². The highest BCUT2D eigenvalue weighted by Crippen LogP contribution is 2.67. The van der Waals surface area contributed by atoms with Crippen molar-refractivity contribution >= 4 is 6.09 Å². The number of ether oxygens (including phenoxy) is 1. The molecule has 1 amide bonds. The Bertz CT molecular complexity index is 985. The number of amides is 1. The Morgan fingerprint density at radius 1 is 1.00 bits per heavy atom. The lowest BCUT2D eigenvalue weighted by atomic mass is 9.47. The first-order chi connectivity index (χ1) is 18.2. The summed E-state index contributed by atoms with van der Waals surface area (Å²) in [5.41, 5.74) is 3.53. The molecule has 0 radical (unpaired) electrons. The zero-order valence-corrected chi connectivity index (χ0v) is 24.8. The second kappa shape index (κ2) is 11.4. The van der Waals surface area contributed by atoms with Crippen LogP contribution in [0.2, 0.25) is 0 Å². The summed E-state index contributed by atoms with van der Waals surface area (Å²) in [6, 6.07) is 10.1. The average Bonchev–Trinajstić information content (AvgIpc) is 3.25. The van der Waals surface area contributed by atoms with Gasteiger partial charge in [-0.05, 0) is 96.8 Å². The zero-order chi connectivity index (χ0) is 26.9. The average molecular weight is 520 g/mol. The van der Waals surface area contributed by atoms with Crippen LogP contribution < -0.4 is 5.32 Å². The van der Waals surface area contributed by atoms with Gasteiger partial charge in [0.25, 0.3) is 0 Å². The number of alkyl carbamates (subject to hydrolysis) is 1. The van der Waals surface area contributed by atoms with E-state index >= 15 is 0 Å². The summed E-state index contributed by atoms with van der Waals surface area (Å²) in [4.78, 5) is 12.5. The van der Waals surface area contributed by atoms with Gasteiger partial charge in [-0.3, -0.25) is 0 Å². The minimum Gasteiger partial charge on any atom is -0.446 e. The van der Waals surface area contributed by atoms with Gasteiger partial charge in [0.2, 0.25) is 0 Å². The smallest absolute Gasteiger partial charge is 0.407 e. The van der Waals surface area contributed by atoms with E-state index in [1.807, 2.05) is 30.3 Å². The van der Waals surface area contributed by atoms with Crippen LogP contribution in [0.15, 0.2) is 42.0 Å². The first kappa shape index (κ1) is 27.8. The molecule has 0 aliphatic heterocycles. The summed E-state index contributed by atoms with van der Waals surface area (Å²) < 4.78 is 5.92. The minimum atomic E-state index is -0.273. The van der Waals surface area contributed by atoms with E-state index in [-0.39, 0.29) is 12.2 Å². The van der Waals surface area contributed by atoms with Crippen molar-refractivity contribution in [3.63, 3.8) is 0 Å². The topological polar surface area (TPSA) is 38.3 Å². The van der Waals surface area contributed by atoms with Crippen LogP contribution in [-0.4, -0.2) is 12.2 Å². The van der Waals surface area contributed by atoms with E-state index < -0.39 is 0 Å². The van der Waals surface area contributed by atoms with Gasteiger partial charge in [0, 0.05) is 13.0 Å². The first-order valence-electron chi connectivity index (χ1n) is 15.9. The van der Waals surface area contributed by atoms with Crippen LogP contribution in [0.5, 0.6) is 0 Å². The number of hydrogen-bond donors (Lipinski definition) is 1. The third kappa shape index (κ3) is 5.46. The Labute approximate surface area is 232 Å². The fraction of sp³-hybridized carbons (Fsp3) is 0.743. The lowest BCUT2D eigenvalue weighted by Gasteiger charge is -2.58. The molecule has 1 N–H and O–H groups in total. The van der Waals surface area contributed by atoms with Crippen LogP contribution in [0.4, 0.5) is 4.79 Å². The van der Waals surface area contributed by atoms with E-state index in [4.69, 9.17) is 4.74 Å². The molecule has 1 aromatic carbocycles. The molecule has 0 saturated heterocycles. The molecular weight excluding hydrogens is 466 g/mol. The molecule has 0 heterocycles. The number of carbonyl (C=O) groups is 1. The van der Waals surface area contributed by atoms with E-state index in [2.05, 4.69) is 46.0 Å². The predicted molar refractivity (Wildman–Crippen MR) is 157 cm³/mol. The maximum Gasteiger partial charge on any atom is 0.407 e. The highest BCUT2D eigenvalue weighted by atomic mass is 16.6. The molecule has 1 aromatic rings. The van der Waals surface area contributed by atoms with E-state index in [0.717, 1.165) is 60.3 Å². The summed E-state index contributed by atoms with van der Waals surface area (Å²) in [5.74, 6) is 5.16. The molecule has 4 unspecified atom stereocenters. The van der Waals surface area contributed by atoms with Crippen molar-refractivity contribution in [1.82, 2.24) is 5.32 Å². The van der Waals surface area contributed by atoms with Gasteiger partial charge in [-0.2, -0.15) is 0 Å². The molecule has 0 spiro atoms. The van der Waals surface area contributed by atoms with Crippen molar-refractivity contribution in [2.24, 2.45) is 46.3 Å². The van der Waals surface area contributed by atoms with Crippen molar-refractivity contribution in [3.8, 4) is 0 Å². The largest absolute Gasteiger partial charge is 0.446 e. The molecular formula is C35H53NO2. The minimum absolute atomic E-state index is 0.0121. The van der Waals surface area contributed by atoms with Gasteiger partial charge in [0.1, 0.15) is 6.10 Å². The molecule has 4 aliphatic rings. The quantitative estimate of drug-likeness (QED) is 0.347. The monoisotopic (exact) mass is 519 g/mol. The van der Waals surface area contributed by atoms with Crippen molar-refractivity contribution < 1.29 is 9.53 Å². The van der Waals surface area contributed by atoms with Gasteiger partial charge < -0.3 is 10.1 Å². The van der Waals surface area contributed by atoms with Crippen LogP contribution in [-0.2, 0) is 11.3 Å². The molecule has 210 valence electrons. The fourth-order valence-corrected chi connectivity index (χ4v) is 9.72. The molecule has 38 heavy (non-hydrogen) atoms. The Kier molecular flexibility index (Phi) is 8.32. The van der Waals surface area contributed by atoms with Crippen LogP contribution in [0, 0.1) is 46.3 Å². The van der Waals surface area contributed by atoms with Gasteiger partial charge in [0.15, 0.2) is 0 Å². The molecule has 0 bridgehead atoms. The molecule has 4 aliphatic carbocycles. The van der Waals surface area contributed by atoms with Crippen molar-refractivity contribution in [2.45, 2.75) is 118 Å². The second-order valence-electron chi connectivity index (χ2n) is 14.4.